The molecule has 0 aromatic carbocycles. The molecule has 0 bridgehead atoms. The number of hydrogen-bond donors (Lipinski definition) is 0. The number of carbonyl (C=O) groups is 1. The molecule has 0 aliphatic carbocycles. The Labute approximate surface area is 128 Å². The van der Waals surface area contributed by atoms with Crippen LogP contribution in [0.3, 0.4) is 0 Å². The molecule has 6 nitrogen and oxygen atoms in total. The summed E-state index contributed by atoms with van der Waals surface area (Å²) >= 11 is 0. The van der Waals surface area contributed by atoms with Gasteiger partial charge in [-0.25, -0.2) is 8.42 Å². The van der Waals surface area contributed by atoms with Crippen LogP contribution in [0, 0.1) is 0 Å². The molecule has 2 fully saturated rings. The Hall–Kier alpha value is -0.660. The van der Waals surface area contributed by atoms with Crippen molar-refractivity contribution >= 4 is 15.7 Å². The van der Waals surface area contributed by atoms with Crippen molar-refractivity contribution < 1.29 is 13.2 Å². The van der Waals surface area contributed by atoms with E-state index in [1.165, 1.54) is 6.26 Å². The fourth-order valence-electron chi connectivity index (χ4n) is 3.33. The molecular weight excluding hydrogens is 290 g/mol. The second kappa shape index (κ2) is 6.22. The van der Waals surface area contributed by atoms with Crippen molar-refractivity contribution in [2.45, 2.75) is 24.8 Å². The van der Waals surface area contributed by atoms with Crippen LogP contribution < -0.4 is 0 Å². The van der Waals surface area contributed by atoms with Crippen molar-refractivity contribution in [3.8, 4) is 0 Å². The third-order valence-corrected chi connectivity index (χ3v) is 5.92. The van der Waals surface area contributed by atoms with E-state index in [9.17, 15) is 13.2 Å². The molecule has 1 amide bonds. The van der Waals surface area contributed by atoms with Gasteiger partial charge in [0.05, 0.1) is 5.75 Å². The zero-order chi connectivity index (χ0) is 15.7. The number of likely N-dealkylation sites (tertiary alicyclic amines) is 1. The van der Waals surface area contributed by atoms with Crippen LogP contribution in [0.2, 0.25) is 0 Å². The van der Waals surface area contributed by atoms with Crippen LogP contribution in [0.5, 0.6) is 0 Å². The van der Waals surface area contributed by atoms with E-state index in [-0.39, 0.29) is 17.2 Å². The van der Waals surface area contributed by atoms with Crippen LogP contribution in [0.4, 0.5) is 0 Å². The summed E-state index contributed by atoms with van der Waals surface area (Å²) in [7, 11) is 1.07. The van der Waals surface area contributed by atoms with E-state index in [1.54, 1.807) is 0 Å². The van der Waals surface area contributed by atoms with Crippen LogP contribution in [0.15, 0.2) is 0 Å². The van der Waals surface area contributed by atoms with Crippen molar-refractivity contribution in [3.63, 3.8) is 0 Å². The summed E-state index contributed by atoms with van der Waals surface area (Å²) in [6, 6.07) is 0. The Kier molecular flexibility index (Phi) is 4.95. The number of amides is 1. The van der Waals surface area contributed by atoms with Crippen molar-refractivity contribution in [1.29, 1.82) is 0 Å². The Morgan fingerprint density at radius 2 is 1.86 bits per heavy atom. The van der Waals surface area contributed by atoms with Gasteiger partial charge >= 0.3 is 0 Å². The first-order valence-electron chi connectivity index (χ1n) is 7.57. The van der Waals surface area contributed by atoms with Gasteiger partial charge in [-0.1, -0.05) is 0 Å². The zero-order valence-corrected chi connectivity index (χ0v) is 14.2. The van der Waals surface area contributed by atoms with Gasteiger partial charge in [0, 0.05) is 58.0 Å². The summed E-state index contributed by atoms with van der Waals surface area (Å²) < 4.78 is 22.7. The molecule has 1 spiro atoms. The summed E-state index contributed by atoms with van der Waals surface area (Å²) in [6.07, 6.45) is 3.70. The Morgan fingerprint density at radius 1 is 1.14 bits per heavy atom. The number of likely N-dealkylation sites (N-methyl/N-ethyl adjacent to an activating group) is 1. The number of nitrogens with zero attached hydrogens (tertiary/aromatic N) is 3. The molecule has 1 unspecified atom stereocenters. The highest BCUT2D eigenvalue weighted by atomic mass is 32.2. The minimum absolute atomic E-state index is 0.0101. The average Bonchev–Trinajstić information content (AvgIpc) is 2.54. The predicted molar refractivity (Wildman–Crippen MR) is 83.0 cm³/mol. The smallest absolute Gasteiger partial charge is 0.222 e. The van der Waals surface area contributed by atoms with Crippen LogP contribution in [0.1, 0.15) is 19.3 Å². The number of rotatable bonds is 3. The Morgan fingerprint density at radius 3 is 2.52 bits per heavy atom. The Balaban J connectivity index is 2.05. The van der Waals surface area contributed by atoms with Gasteiger partial charge in [0.2, 0.25) is 5.91 Å². The fourth-order valence-corrected chi connectivity index (χ4v) is 3.92. The SMILES string of the molecule is CN1CCC2(CCC1=O)CN(CCS(C)(=O)=O)CCN2C. The lowest BCUT2D eigenvalue weighted by atomic mass is 9.86. The standard InChI is InChI=1S/C14H27N3O3S/c1-15-7-6-14(5-4-13(15)18)12-17(9-8-16(14)2)10-11-21(3,19)20/h4-12H2,1-3H3. The van der Waals surface area contributed by atoms with Gasteiger partial charge in [0.1, 0.15) is 9.84 Å². The molecule has 2 heterocycles. The summed E-state index contributed by atoms with van der Waals surface area (Å²) in [5.74, 6) is 0.430. The van der Waals surface area contributed by atoms with E-state index in [4.69, 9.17) is 0 Å². The number of piperazine rings is 1. The van der Waals surface area contributed by atoms with E-state index in [2.05, 4.69) is 16.8 Å². The van der Waals surface area contributed by atoms with E-state index in [0.717, 1.165) is 39.0 Å². The van der Waals surface area contributed by atoms with E-state index < -0.39 is 9.84 Å². The number of sulfone groups is 1. The highest BCUT2D eigenvalue weighted by molar-refractivity contribution is 7.90. The minimum atomic E-state index is -2.92. The summed E-state index contributed by atoms with van der Waals surface area (Å²) in [5, 5.41) is 0. The maximum atomic E-state index is 11.9. The maximum Gasteiger partial charge on any atom is 0.222 e. The number of hydrogen-bond acceptors (Lipinski definition) is 5. The molecule has 0 saturated carbocycles. The van der Waals surface area contributed by atoms with Crippen LogP contribution in [-0.2, 0) is 14.6 Å². The molecule has 0 radical (unpaired) electrons. The van der Waals surface area contributed by atoms with Crippen LogP contribution in [-0.4, -0.2) is 93.4 Å². The molecule has 0 aromatic rings. The second-order valence-corrected chi connectivity index (χ2v) is 8.88. The highest BCUT2D eigenvalue weighted by Gasteiger charge is 2.41. The van der Waals surface area contributed by atoms with Gasteiger partial charge in [-0.15, -0.1) is 0 Å². The van der Waals surface area contributed by atoms with Gasteiger partial charge in [0.25, 0.3) is 0 Å². The molecule has 1 atom stereocenters. The maximum absolute atomic E-state index is 11.9. The average molecular weight is 317 g/mol. The van der Waals surface area contributed by atoms with E-state index in [0.29, 0.717) is 13.0 Å². The van der Waals surface area contributed by atoms with E-state index >= 15 is 0 Å². The Bertz CT molecular complexity index is 494. The first-order valence-corrected chi connectivity index (χ1v) is 9.63. The quantitative estimate of drug-likeness (QED) is 0.713. The monoisotopic (exact) mass is 317 g/mol. The van der Waals surface area contributed by atoms with Gasteiger partial charge in [0.15, 0.2) is 0 Å². The molecule has 21 heavy (non-hydrogen) atoms. The van der Waals surface area contributed by atoms with Gasteiger partial charge < -0.3 is 4.90 Å². The lowest BCUT2D eigenvalue weighted by molar-refractivity contribution is -0.129. The topological polar surface area (TPSA) is 60.9 Å². The molecule has 0 N–H and O–H groups in total. The summed E-state index contributed by atoms with van der Waals surface area (Å²) in [4.78, 5) is 18.3. The molecule has 7 heteroatoms. The minimum Gasteiger partial charge on any atom is -0.346 e. The van der Waals surface area contributed by atoms with Gasteiger partial charge in [-0.2, -0.15) is 0 Å². The van der Waals surface area contributed by atoms with Gasteiger partial charge in [-0.3, -0.25) is 14.6 Å². The first-order chi connectivity index (χ1) is 9.72. The van der Waals surface area contributed by atoms with Crippen LogP contribution in [0.25, 0.3) is 0 Å². The molecule has 2 aliphatic heterocycles. The largest absolute Gasteiger partial charge is 0.346 e. The molecule has 2 rings (SSSR count). The molecule has 2 aliphatic rings. The normalized spacial score (nSPS) is 29.9. The molecule has 2 saturated heterocycles. The lowest BCUT2D eigenvalue weighted by Gasteiger charge is -2.49. The van der Waals surface area contributed by atoms with Crippen molar-refractivity contribution in [1.82, 2.24) is 14.7 Å². The third kappa shape index (κ3) is 4.17. The molecular formula is C14H27N3O3S. The van der Waals surface area contributed by atoms with Crippen molar-refractivity contribution in [2.24, 2.45) is 0 Å². The van der Waals surface area contributed by atoms with Crippen molar-refractivity contribution in [3.05, 3.63) is 0 Å². The molecule has 0 aromatic heterocycles. The van der Waals surface area contributed by atoms with Crippen LogP contribution >= 0.6 is 0 Å². The number of carbonyl (C=O) groups excluding carboxylic acids is 1. The predicted octanol–water partition coefficient (Wildman–Crippen LogP) is -0.340. The first kappa shape index (κ1) is 16.7. The summed E-state index contributed by atoms with van der Waals surface area (Å²) in [5.41, 5.74) is 0.0101. The lowest BCUT2D eigenvalue weighted by Crippen LogP contribution is -2.61. The fraction of sp³-hybridized carbons (Fsp3) is 0.929. The molecule has 122 valence electrons. The van der Waals surface area contributed by atoms with Crippen molar-refractivity contribution in [2.75, 3.05) is 58.8 Å². The highest BCUT2D eigenvalue weighted by Crippen LogP contribution is 2.31. The van der Waals surface area contributed by atoms with Gasteiger partial charge in [-0.05, 0) is 19.9 Å². The zero-order valence-electron chi connectivity index (χ0n) is 13.3. The third-order valence-electron chi connectivity index (χ3n) is 5.00. The second-order valence-electron chi connectivity index (χ2n) is 6.62. The summed E-state index contributed by atoms with van der Waals surface area (Å²) in [6.45, 7) is 4.07. The van der Waals surface area contributed by atoms with E-state index in [1.807, 2.05) is 11.9 Å².